The summed E-state index contributed by atoms with van der Waals surface area (Å²) in [6.07, 6.45) is 2.13. The van der Waals surface area contributed by atoms with Gasteiger partial charge in [-0.2, -0.15) is 4.39 Å². The SMILES string of the molecule is CN=C(F)C(=CN)n1cc(Cl)cc(N)c1=O. The monoisotopic (exact) mass is 244 g/mol. The Morgan fingerprint density at radius 3 is 2.81 bits per heavy atom. The molecule has 1 aromatic rings. The molecule has 0 aliphatic rings. The number of nitrogens with two attached hydrogens (primary N) is 2. The second-order valence-corrected chi connectivity index (χ2v) is 3.29. The fourth-order valence-electron chi connectivity index (χ4n) is 1.11. The Morgan fingerprint density at radius 2 is 2.31 bits per heavy atom. The zero-order valence-corrected chi connectivity index (χ0v) is 9.20. The summed E-state index contributed by atoms with van der Waals surface area (Å²) in [7, 11) is 1.23. The number of nitrogen functional groups attached to an aromatic ring is 1. The molecule has 0 spiro atoms. The number of nitrogens with zero attached hydrogens (tertiary/aromatic N) is 2. The van der Waals surface area contributed by atoms with E-state index in [0.717, 1.165) is 10.8 Å². The van der Waals surface area contributed by atoms with Gasteiger partial charge in [0.05, 0.1) is 10.7 Å². The molecule has 0 aliphatic carbocycles. The van der Waals surface area contributed by atoms with Gasteiger partial charge in [0, 0.05) is 19.4 Å². The quantitative estimate of drug-likeness (QED) is 0.756. The molecule has 0 amide bonds. The van der Waals surface area contributed by atoms with Crippen molar-refractivity contribution in [2.24, 2.45) is 10.7 Å². The van der Waals surface area contributed by atoms with Crippen molar-refractivity contribution in [1.29, 1.82) is 0 Å². The van der Waals surface area contributed by atoms with Gasteiger partial charge >= 0.3 is 0 Å². The molecule has 0 aromatic carbocycles. The topological polar surface area (TPSA) is 86.4 Å². The van der Waals surface area contributed by atoms with Gasteiger partial charge in [-0.1, -0.05) is 11.6 Å². The number of anilines is 1. The molecule has 0 aliphatic heterocycles. The molecule has 0 radical (unpaired) electrons. The number of allylic oxidation sites excluding steroid dienone is 1. The van der Waals surface area contributed by atoms with Crippen molar-refractivity contribution < 1.29 is 4.39 Å². The van der Waals surface area contributed by atoms with E-state index in [0.29, 0.717) is 0 Å². The first-order chi connectivity index (χ1) is 7.51. The summed E-state index contributed by atoms with van der Waals surface area (Å²) in [6.45, 7) is 0. The number of aliphatic imine (C=N–C) groups is 1. The zero-order chi connectivity index (χ0) is 12.3. The Kier molecular flexibility index (Phi) is 3.68. The molecule has 0 fully saturated rings. The van der Waals surface area contributed by atoms with Crippen LogP contribution >= 0.6 is 11.6 Å². The maximum absolute atomic E-state index is 13.3. The van der Waals surface area contributed by atoms with Crippen molar-refractivity contribution in [3.63, 3.8) is 0 Å². The molecular weight excluding hydrogens is 235 g/mol. The van der Waals surface area contributed by atoms with E-state index in [4.69, 9.17) is 23.1 Å². The minimum absolute atomic E-state index is 0.101. The second kappa shape index (κ2) is 4.80. The standard InChI is InChI=1S/C9H10ClFN4O/c1-14-8(11)7(3-12)15-4-5(10)2-6(13)9(15)16/h2-4H,12-13H2,1H3. The van der Waals surface area contributed by atoms with Crippen molar-refractivity contribution in [2.75, 3.05) is 12.8 Å². The fraction of sp³-hybridized carbons (Fsp3) is 0.111. The maximum atomic E-state index is 13.3. The van der Waals surface area contributed by atoms with Crippen LogP contribution in [0.1, 0.15) is 0 Å². The lowest BCUT2D eigenvalue weighted by atomic mass is 10.3. The van der Waals surface area contributed by atoms with Gasteiger partial charge < -0.3 is 11.5 Å². The van der Waals surface area contributed by atoms with Gasteiger partial charge in [0.15, 0.2) is 0 Å². The van der Waals surface area contributed by atoms with Crippen LogP contribution in [0, 0.1) is 0 Å². The summed E-state index contributed by atoms with van der Waals surface area (Å²) in [5.41, 5.74) is 9.71. The Balaban J connectivity index is 3.50. The maximum Gasteiger partial charge on any atom is 0.278 e. The van der Waals surface area contributed by atoms with Crippen molar-refractivity contribution >= 4 is 29.0 Å². The lowest BCUT2D eigenvalue weighted by Crippen LogP contribution is -2.24. The van der Waals surface area contributed by atoms with E-state index in [1.807, 2.05) is 0 Å². The Morgan fingerprint density at radius 1 is 1.69 bits per heavy atom. The molecule has 1 heterocycles. The molecule has 0 bridgehead atoms. The van der Waals surface area contributed by atoms with Crippen molar-refractivity contribution in [3.05, 3.63) is 33.8 Å². The predicted molar refractivity (Wildman–Crippen MR) is 63.1 cm³/mol. The molecule has 0 saturated carbocycles. The molecule has 4 N–H and O–H groups in total. The van der Waals surface area contributed by atoms with E-state index in [9.17, 15) is 9.18 Å². The van der Waals surface area contributed by atoms with Crippen LogP contribution in [-0.4, -0.2) is 17.6 Å². The number of hydrogen-bond acceptors (Lipinski definition) is 4. The first-order valence-electron chi connectivity index (χ1n) is 4.24. The van der Waals surface area contributed by atoms with Gasteiger partial charge in [-0.15, -0.1) is 0 Å². The van der Waals surface area contributed by atoms with Gasteiger partial charge in [-0.3, -0.25) is 14.4 Å². The van der Waals surface area contributed by atoms with Crippen LogP contribution in [0.3, 0.4) is 0 Å². The van der Waals surface area contributed by atoms with Gasteiger partial charge in [-0.25, -0.2) is 0 Å². The highest BCUT2D eigenvalue weighted by Gasteiger charge is 2.12. The number of hydrogen-bond donors (Lipinski definition) is 2. The van der Waals surface area contributed by atoms with Gasteiger partial charge in [0.25, 0.3) is 5.56 Å². The van der Waals surface area contributed by atoms with Crippen LogP contribution in [-0.2, 0) is 0 Å². The van der Waals surface area contributed by atoms with Gasteiger partial charge in [0.1, 0.15) is 5.70 Å². The van der Waals surface area contributed by atoms with Crippen LogP contribution in [0.15, 0.2) is 28.3 Å². The van der Waals surface area contributed by atoms with Gasteiger partial charge in [0.2, 0.25) is 5.97 Å². The highest BCUT2D eigenvalue weighted by atomic mass is 35.5. The van der Waals surface area contributed by atoms with E-state index in [1.165, 1.54) is 19.3 Å². The lowest BCUT2D eigenvalue weighted by Gasteiger charge is -2.08. The third-order valence-electron chi connectivity index (χ3n) is 1.84. The minimum atomic E-state index is -0.883. The van der Waals surface area contributed by atoms with E-state index >= 15 is 0 Å². The summed E-state index contributed by atoms with van der Waals surface area (Å²) in [5.74, 6) is -0.883. The first kappa shape index (κ1) is 12.3. The zero-order valence-electron chi connectivity index (χ0n) is 8.45. The van der Waals surface area contributed by atoms with Crippen molar-refractivity contribution in [1.82, 2.24) is 4.57 Å². The van der Waals surface area contributed by atoms with E-state index in [-0.39, 0.29) is 16.4 Å². The van der Waals surface area contributed by atoms with Gasteiger partial charge in [-0.05, 0) is 6.07 Å². The van der Waals surface area contributed by atoms with Crippen molar-refractivity contribution in [3.8, 4) is 0 Å². The Labute approximate surface area is 95.8 Å². The average molecular weight is 245 g/mol. The Hall–Kier alpha value is -1.82. The third-order valence-corrected chi connectivity index (χ3v) is 2.04. The molecule has 86 valence electrons. The number of halogens is 2. The minimum Gasteiger partial charge on any atom is -0.403 e. The van der Waals surface area contributed by atoms with E-state index in [1.54, 1.807) is 0 Å². The third kappa shape index (κ3) is 2.22. The van der Waals surface area contributed by atoms with Crippen LogP contribution in [0.2, 0.25) is 5.02 Å². The molecule has 5 nitrogen and oxygen atoms in total. The number of rotatable bonds is 2. The molecule has 1 rings (SSSR count). The van der Waals surface area contributed by atoms with Crippen molar-refractivity contribution in [2.45, 2.75) is 0 Å². The summed E-state index contributed by atoms with van der Waals surface area (Å²) >= 11 is 5.70. The summed E-state index contributed by atoms with van der Waals surface area (Å²) in [6, 6.07) is 1.27. The Bertz CT molecular complexity index is 521. The first-order valence-corrected chi connectivity index (χ1v) is 4.61. The molecule has 0 atom stereocenters. The van der Waals surface area contributed by atoms with Crippen LogP contribution < -0.4 is 17.0 Å². The lowest BCUT2D eigenvalue weighted by molar-refractivity contribution is 0.799. The number of aromatic nitrogens is 1. The van der Waals surface area contributed by atoms with E-state index in [2.05, 4.69) is 4.99 Å². The van der Waals surface area contributed by atoms with Crippen LogP contribution in [0.5, 0.6) is 0 Å². The molecule has 0 saturated heterocycles. The average Bonchev–Trinajstić information content (AvgIpc) is 2.25. The molecule has 7 heteroatoms. The normalized spacial score (nSPS) is 12.9. The highest BCUT2D eigenvalue weighted by Crippen LogP contribution is 2.13. The summed E-state index contributed by atoms with van der Waals surface area (Å²) < 4.78 is 14.2. The fourth-order valence-corrected chi connectivity index (χ4v) is 1.33. The highest BCUT2D eigenvalue weighted by molar-refractivity contribution is 6.30. The smallest absolute Gasteiger partial charge is 0.278 e. The predicted octanol–water partition coefficient (Wildman–Crippen LogP) is 0.839. The molecule has 16 heavy (non-hydrogen) atoms. The number of pyridine rings is 1. The van der Waals surface area contributed by atoms with Crippen LogP contribution in [0.4, 0.5) is 10.1 Å². The largest absolute Gasteiger partial charge is 0.403 e. The molecule has 0 unspecified atom stereocenters. The summed E-state index contributed by atoms with van der Waals surface area (Å²) in [4.78, 5) is 14.9. The molecular formula is C9H10ClFN4O. The molecule has 1 aromatic heterocycles. The van der Waals surface area contributed by atoms with E-state index < -0.39 is 11.5 Å². The summed E-state index contributed by atoms with van der Waals surface area (Å²) in [5, 5.41) is 0.195. The van der Waals surface area contributed by atoms with Crippen LogP contribution in [0.25, 0.3) is 5.70 Å². The second-order valence-electron chi connectivity index (χ2n) is 2.86.